The van der Waals surface area contributed by atoms with Crippen LogP contribution in [0.15, 0.2) is 42.6 Å². The van der Waals surface area contributed by atoms with Gasteiger partial charge in [0.25, 0.3) is 6.43 Å². The van der Waals surface area contributed by atoms with E-state index >= 15 is 0 Å². The molecule has 2 heterocycles. The Morgan fingerprint density at radius 2 is 1.86 bits per heavy atom. The Morgan fingerprint density at radius 1 is 1.21 bits per heavy atom. The minimum atomic E-state index is -4.06. The Labute approximate surface area is 173 Å². The summed E-state index contributed by atoms with van der Waals surface area (Å²) in [5.41, 5.74) is 0.345. The van der Waals surface area contributed by atoms with Crippen LogP contribution in [-0.4, -0.2) is 33.0 Å². The number of esters is 1. The third-order valence-electron chi connectivity index (χ3n) is 4.15. The zero-order valence-electron chi connectivity index (χ0n) is 15.6. The van der Waals surface area contributed by atoms with Crippen LogP contribution in [0.5, 0.6) is 0 Å². The maximum atomic E-state index is 13.3. The van der Waals surface area contributed by atoms with E-state index in [0.29, 0.717) is 0 Å². The fourth-order valence-corrected chi connectivity index (χ4v) is 4.89. The lowest BCUT2D eigenvalue weighted by atomic mass is 10.1. The number of anilines is 1. The molecule has 2 aromatic rings. The number of aromatic nitrogens is 1. The molecule has 1 aromatic carbocycles. The quantitative estimate of drug-likeness (QED) is 0.591. The number of rotatable bonds is 5. The van der Waals surface area contributed by atoms with E-state index in [4.69, 9.17) is 16.3 Å². The van der Waals surface area contributed by atoms with E-state index in [-0.39, 0.29) is 32.6 Å². The summed E-state index contributed by atoms with van der Waals surface area (Å²) in [6, 6.07) is 9.28. The van der Waals surface area contributed by atoms with Crippen molar-refractivity contribution in [3.05, 3.63) is 58.7 Å². The van der Waals surface area contributed by atoms with Gasteiger partial charge in [0.05, 0.1) is 11.5 Å². The van der Waals surface area contributed by atoms with E-state index < -0.39 is 35.6 Å². The fraction of sp³-hybridized carbons (Fsp3) is 0.263. The van der Waals surface area contributed by atoms with E-state index in [1.54, 1.807) is 26.0 Å². The number of fused-ring (bicyclic) bond motifs is 1. The SMILES string of the molecule is CC(C)C(=O)OC1=C(c2ccccc2Cl)S(O)(O)N(CC(F)F)c2ncccc21. The van der Waals surface area contributed by atoms with Gasteiger partial charge < -0.3 is 4.74 Å². The predicted octanol–water partition coefficient (Wildman–Crippen LogP) is 5.51. The molecule has 1 aromatic heterocycles. The number of nitrogens with zero attached hydrogens (tertiary/aromatic N) is 2. The van der Waals surface area contributed by atoms with Gasteiger partial charge in [-0.05, 0) is 18.2 Å². The van der Waals surface area contributed by atoms with Crippen LogP contribution in [0.4, 0.5) is 14.6 Å². The number of benzene rings is 1. The molecule has 0 aliphatic carbocycles. The first-order valence-electron chi connectivity index (χ1n) is 8.65. The first-order valence-corrected chi connectivity index (χ1v) is 10.5. The highest BCUT2D eigenvalue weighted by molar-refractivity contribution is 8.33. The van der Waals surface area contributed by atoms with Crippen molar-refractivity contribution in [3.63, 3.8) is 0 Å². The smallest absolute Gasteiger partial charge is 0.313 e. The van der Waals surface area contributed by atoms with Crippen molar-refractivity contribution < 1.29 is 27.4 Å². The van der Waals surface area contributed by atoms with Crippen LogP contribution < -0.4 is 4.31 Å². The summed E-state index contributed by atoms with van der Waals surface area (Å²) in [6.07, 6.45) is -1.54. The summed E-state index contributed by atoms with van der Waals surface area (Å²) in [7, 11) is -4.06. The highest BCUT2D eigenvalue weighted by atomic mass is 35.5. The molecule has 0 amide bonds. The summed E-state index contributed by atoms with van der Waals surface area (Å²) >= 11 is 6.26. The number of pyridine rings is 1. The van der Waals surface area contributed by atoms with Gasteiger partial charge in [0.1, 0.15) is 11.4 Å². The summed E-state index contributed by atoms with van der Waals surface area (Å²) in [4.78, 5) is 16.2. The zero-order chi connectivity index (χ0) is 21.3. The second-order valence-corrected chi connectivity index (χ2v) is 8.85. The van der Waals surface area contributed by atoms with Gasteiger partial charge in [-0.2, -0.15) is 0 Å². The first kappa shape index (κ1) is 21.5. The second kappa shape index (κ2) is 8.27. The van der Waals surface area contributed by atoms with Crippen molar-refractivity contribution >= 4 is 44.8 Å². The van der Waals surface area contributed by atoms with Gasteiger partial charge in [0.15, 0.2) is 11.6 Å². The molecule has 0 saturated carbocycles. The van der Waals surface area contributed by atoms with Gasteiger partial charge in [0, 0.05) is 16.8 Å². The molecule has 0 saturated heterocycles. The van der Waals surface area contributed by atoms with Gasteiger partial charge in [0.2, 0.25) is 0 Å². The molecule has 10 heteroatoms. The van der Waals surface area contributed by atoms with Crippen LogP contribution in [0, 0.1) is 5.92 Å². The molecule has 3 rings (SSSR count). The van der Waals surface area contributed by atoms with Crippen LogP contribution in [-0.2, 0) is 9.53 Å². The van der Waals surface area contributed by atoms with Crippen LogP contribution in [0.1, 0.15) is 25.0 Å². The number of hydrogen-bond acceptors (Lipinski definition) is 6. The van der Waals surface area contributed by atoms with Crippen molar-refractivity contribution in [2.24, 2.45) is 5.92 Å². The molecule has 6 nitrogen and oxygen atoms in total. The minimum Gasteiger partial charge on any atom is -0.423 e. The molecule has 156 valence electrons. The van der Waals surface area contributed by atoms with Gasteiger partial charge in [-0.1, -0.05) is 54.4 Å². The normalized spacial score (nSPS) is 16.8. The van der Waals surface area contributed by atoms with Gasteiger partial charge in [-0.15, -0.1) is 0 Å². The summed E-state index contributed by atoms with van der Waals surface area (Å²) in [5.74, 6) is -1.42. The van der Waals surface area contributed by atoms with Gasteiger partial charge >= 0.3 is 5.97 Å². The first-order chi connectivity index (χ1) is 13.6. The number of carbonyl (C=O) groups is 1. The molecule has 0 spiro atoms. The van der Waals surface area contributed by atoms with Crippen molar-refractivity contribution in [2.75, 3.05) is 10.8 Å². The predicted molar refractivity (Wildman–Crippen MR) is 110 cm³/mol. The third kappa shape index (κ3) is 4.09. The lowest BCUT2D eigenvalue weighted by molar-refractivity contribution is -0.140. The molecular formula is C19H19ClF2N2O4S. The second-order valence-electron chi connectivity index (χ2n) is 6.56. The summed E-state index contributed by atoms with van der Waals surface area (Å²) < 4.78 is 54.9. The van der Waals surface area contributed by atoms with E-state index in [1.165, 1.54) is 30.5 Å². The Bertz CT molecular complexity index is 969. The van der Waals surface area contributed by atoms with Gasteiger partial charge in [-0.3, -0.25) is 13.9 Å². The molecule has 0 unspecified atom stereocenters. The Kier molecular flexibility index (Phi) is 6.13. The molecule has 29 heavy (non-hydrogen) atoms. The Morgan fingerprint density at radius 3 is 2.48 bits per heavy atom. The summed E-state index contributed by atoms with van der Waals surface area (Å²) in [6.45, 7) is 2.25. The fourth-order valence-electron chi connectivity index (χ4n) is 2.80. The molecule has 1 aliphatic heterocycles. The molecular weight excluding hydrogens is 426 g/mol. The lowest BCUT2D eigenvalue weighted by Gasteiger charge is -2.48. The molecule has 0 atom stereocenters. The molecule has 1 aliphatic rings. The van der Waals surface area contributed by atoms with Gasteiger partial charge in [-0.25, -0.2) is 18.1 Å². The van der Waals surface area contributed by atoms with Crippen molar-refractivity contribution in [1.82, 2.24) is 4.98 Å². The van der Waals surface area contributed by atoms with Crippen LogP contribution in [0.3, 0.4) is 0 Å². The molecule has 0 radical (unpaired) electrons. The van der Waals surface area contributed by atoms with E-state index in [9.17, 15) is 22.7 Å². The van der Waals surface area contributed by atoms with E-state index in [0.717, 1.165) is 4.31 Å². The average molecular weight is 445 g/mol. The maximum absolute atomic E-state index is 13.3. The Hall–Kier alpha value is -2.20. The number of alkyl halides is 2. The van der Waals surface area contributed by atoms with Crippen LogP contribution >= 0.6 is 22.4 Å². The number of halogens is 3. The third-order valence-corrected chi connectivity index (χ3v) is 6.37. The summed E-state index contributed by atoms with van der Waals surface area (Å²) in [5, 5.41) is 0.143. The largest absolute Gasteiger partial charge is 0.423 e. The van der Waals surface area contributed by atoms with Crippen molar-refractivity contribution in [2.45, 2.75) is 20.3 Å². The monoisotopic (exact) mass is 444 g/mol. The Balaban J connectivity index is 2.34. The number of hydrogen-bond donors (Lipinski definition) is 2. The highest BCUT2D eigenvalue weighted by Gasteiger charge is 2.42. The van der Waals surface area contributed by atoms with Crippen molar-refractivity contribution in [1.29, 1.82) is 0 Å². The molecule has 2 N–H and O–H groups in total. The maximum Gasteiger partial charge on any atom is 0.313 e. The lowest BCUT2D eigenvalue weighted by Crippen LogP contribution is -2.37. The molecule has 0 bridgehead atoms. The average Bonchev–Trinajstić information content (AvgIpc) is 2.65. The standard InChI is InChI=1S/C19H19ClF2N2O4S/c1-11(2)19(25)28-16-13-7-5-9-23-18(13)24(10-15(21)22)29(26,27)17(16)12-6-3-4-8-14(12)20/h3-9,11,15,26-27H,10H2,1-2H3. The van der Waals surface area contributed by atoms with E-state index in [1.807, 2.05) is 0 Å². The number of carbonyl (C=O) groups excluding carboxylic acids is 1. The van der Waals surface area contributed by atoms with Crippen molar-refractivity contribution in [3.8, 4) is 0 Å². The zero-order valence-corrected chi connectivity index (χ0v) is 17.1. The number of ether oxygens (including phenoxy) is 1. The van der Waals surface area contributed by atoms with Crippen LogP contribution in [0.25, 0.3) is 10.7 Å². The van der Waals surface area contributed by atoms with E-state index in [2.05, 4.69) is 4.98 Å². The highest BCUT2D eigenvalue weighted by Crippen LogP contribution is 2.64. The molecule has 0 fully saturated rings. The van der Waals surface area contributed by atoms with Crippen LogP contribution in [0.2, 0.25) is 5.02 Å². The minimum absolute atomic E-state index is 0.116. The topological polar surface area (TPSA) is 82.9 Å².